The van der Waals surface area contributed by atoms with Crippen molar-refractivity contribution in [1.82, 2.24) is 4.72 Å². The maximum absolute atomic E-state index is 11.8. The number of rotatable bonds is 7. The molecule has 1 heterocycles. The zero-order valence-electron chi connectivity index (χ0n) is 9.20. The zero-order valence-corrected chi connectivity index (χ0v) is 10.8. The van der Waals surface area contributed by atoms with Crippen LogP contribution in [0.5, 0.6) is 0 Å². The second-order valence-corrected chi connectivity index (χ2v) is 6.34. The molecule has 4 N–H and O–H groups in total. The number of thiophene rings is 1. The van der Waals surface area contributed by atoms with Gasteiger partial charge in [0.15, 0.2) is 0 Å². The molecule has 9 heteroatoms. The van der Waals surface area contributed by atoms with Crippen molar-refractivity contribution in [2.75, 3.05) is 0 Å². The van der Waals surface area contributed by atoms with Gasteiger partial charge in [0.25, 0.3) is 10.0 Å². The summed E-state index contributed by atoms with van der Waals surface area (Å²) in [6.45, 7) is 0. The summed E-state index contributed by atoms with van der Waals surface area (Å²) in [5.74, 6) is -2.03. The highest BCUT2D eigenvalue weighted by atomic mass is 32.2. The van der Waals surface area contributed by atoms with Crippen LogP contribution in [0.4, 0.5) is 0 Å². The molecular weight excluding hydrogens is 280 g/mol. The minimum absolute atomic E-state index is 0.0211. The van der Waals surface area contributed by atoms with Gasteiger partial charge in [0.1, 0.15) is 10.3 Å². The van der Waals surface area contributed by atoms with Crippen molar-refractivity contribution in [2.24, 2.45) is 5.73 Å². The highest BCUT2D eigenvalue weighted by Crippen LogP contribution is 2.16. The molecule has 1 atom stereocenters. The summed E-state index contributed by atoms with van der Waals surface area (Å²) in [7, 11) is -3.87. The number of carboxylic acid groups (broad SMARTS) is 1. The number of carboxylic acids is 1. The minimum Gasteiger partial charge on any atom is -0.480 e. The van der Waals surface area contributed by atoms with E-state index in [0.29, 0.717) is 0 Å². The molecule has 0 fully saturated rings. The summed E-state index contributed by atoms with van der Waals surface area (Å²) in [4.78, 5) is 21.5. The Morgan fingerprint density at radius 2 is 2.17 bits per heavy atom. The number of primary amides is 1. The van der Waals surface area contributed by atoms with Crippen LogP contribution in [0.2, 0.25) is 0 Å². The van der Waals surface area contributed by atoms with Crippen LogP contribution in [-0.4, -0.2) is 31.4 Å². The molecular formula is C9H12N2O5S2. The molecule has 0 aliphatic heterocycles. The van der Waals surface area contributed by atoms with Gasteiger partial charge in [-0.15, -0.1) is 11.3 Å². The predicted octanol–water partition coefficient (Wildman–Crippen LogP) is -0.255. The smallest absolute Gasteiger partial charge is 0.321 e. The van der Waals surface area contributed by atoms with E-state index in [1.165, 1.54) is 6.07 Å². The third-order valence-corrected chi connectivity index (χ3v) is 4.90. The maximum Gasteiger partial charge on any atom is 0.321 e. The summed E-state index contributed by atoms with van der Waals surface area (Å²) in [5.41, 5.74) is 4.89. The molecule has 1 rings (SSSR count). The van der Waals surface area contributed by atoms with Crippen molar-refractivity contribution in [1.29, 1.82) is 0 Å². The van der Waals surface area contributed by atoms with Crippen LogP contribution in [0.25, 0.3) is 0 Å². The second-order valence-electron chi connectivity index (χ2n) is 3.45. The van der Waals surface area contributed by atoms with Crippen molar-refractivity contribution in [3.63, 3.8) is 0 Å². The normalized spacial score (nSPS) is 13.1. The number of hydrogen-bond donors (Lipinski definition) is 3. The van der Waals surface area contributed by atoms with Crippen molar-refractivity contribution in [3.8, 4) is 0 Å². The lowest BCUT2D eigenvalue weighted by molar-refractivity contribution is -0.139. The monoisotopic (exact) mass is 292 g/mol. The fourth-order valence-electron chi connectivity index (χ4n) is 1.18. The SMILES string of the molecule is NC(=O)CC[C@H](NS(=O)(=O)c1cccs1)C(=O)O. The van der Waals surface area contributed by atoms with E-state index in [1.807, 2.05) is 4.72 Å². The van der Waals surface area contributed by atoms with Crippen molar-refractivity contribution < 1.29 is 23.1 Å². The number of carbonyl (C=O) groups is 2. The van der Waals surface area contributed by atoms with E-state index < -0.39 is 27.9 Å². The fraction of sp³-hybridized carbons (Fsp3) is 0.333. The van der Waals surface area contributed by atoms with Gasteiger partial charge < -0.3 is 10.8 Å². The predicted molar refractivity (Wildman–Crippen MR) is 64.5 cm³/mol. The fourth-order valence-corrected chi connectivity index (χ4v) is 3.41. The zero-order chi connectivity index (χ0) is 13.8. The molecule has 0 unspecified atom stereocenters. The number of carbonyl (C=O) groups excluding carboxylic acids is 1. The van der Waals surface area contributed by atoms with Crippen molar-refractivity contribution >= 4 is 33.2 Å². The van der Waals surface area contributed by atoms with E-state index in [9.17, 15) is 18.0 Å². The van der Waals surface area contributed by atoms with Crippen LogP contribution in [0.3, 0.4) is 0 Å². The summed E-state index contributed by atoms with van der Waals surface area (Å²) in [5, 5.41) is 10.4. The first-order valence-corrected chi connectivity index (χ1v) is 7.26. The van der Waals surface area contributed by atoms with Gasteiger partial charge in [-0.1, -0.05) is 6.07 Å². The second kappa shape index (κ2) is 5.94. The first-order valence-electron chi connectivity index (χ1n) is 4.90. The number of aliphatic carboxylic acids is 1. The summed E-state index contributed by atoms with van der Waals surface area (Å²) >= 11 is 0.973. The average molecular weight is 292 g/mol. The number of amides is 1. The van der Waals surface area contributed by atoms with E-state index >= 15 is 0 Å². The molecule has 0 aliphatic carbocycles. The number of sulfonamides is 1. The van der Waals surface area contributed by atoms with E-state index in [4.69, 9.17) is 10.8 Å². The summed E-state index contributed by atoms with van der Waals surface area (Å²) in [6.07, 6.45) is -0.390. The van der Waals surface area contributed by atoms with Gasteiger partial charge in [-0.05, 0) is 17.9 Å². The quantitative estimate of drug-likeness (QED) is 0.638. The molecule has 18 heavy (non-hydrogen) atoms. The van der Waals surface area contributed by atoms with Gasteiger partial charge in [-0.2, -0.15) is 4.72 Å². The molecule has 1 amide bonds. The molecule has 100 valence electrons. The average Bonchev–Trinajstić information content (AvgIpc) is 2.77. The van der Waals surface area contributed by atoms with E-state index in [-0.39, 0.29) is 17.1 Å². The lowest BCUT2D eigenvalue weighted by Gasteiger charge is -2.12. The van der Waals surface area contributed by atoms with E-state index in [1.54, 1.807) is 11.4 Å². The topological polar surface area (TPSA) is 127 Å². The minimum atomic E-state index is -3.87. The molecule has 0 bridgehead atoms. The summed E-state index contributed by atoms with van der Waals surface area (Å²) in [6, 6.07) is 1.53. The third-order valence-electron chi connectivity index (χ3n) is 2.03. The largest absolute Gasteiger partial charge is 0.480 e. The maximum atomic E-state index is 11.8. The number of nitrogens with one attached hydrogen (secondary N) is 1. The molecule has 1 aromatic rings. The Kier molecular flexibility index (Phi) is 4.82. The van der Waals surface area contributed by atoms with E-state index in [0.717, 1.165) is 11.3 Å². The van der Waals surface area contributed by atoms with Crippen LogP contribution in [0.1, 0.15) is 12.8 Å². The van der Waals surface area contributed by atoms with Crippen LogP contribution in [0, 0.1) is 0 Å². The van der Waals surface area contributed by atoms with Gasteiger partial charge in [0, 0.05) is 6.42 Å². The summed E-state index contributed by atoms with van der Waals surface area (Å²) < 4.78 is 25.6. The Balaban J connectivity index is 2.78. The lowest BCUT2D eigenvalue weighted by atomic mass is 10.2. The van der Waals surface area contributed by atoms with Crippen LogP contribution in [-0.2, 0) is 19.6 Å². The number of hydrogen-bond acceptors (Lipinski definition) is 5. The molecule has 0 saturated carbocycles. The van der Waals surface area contributed by atoms with Crippen LogP contribution >= 0.6 is 11.3 Å². The Bertz CT molecular complexity index is 523. The molecule has 1 aromatic heterocycles. The Labute approximate surface area is 108 Å². The highest BCUT2D eigenvalue weighted by Gasteiger charge is 2.26. The molecule has 0 spiro atoms. The molecule has 0 saturated heterocycles. The standard InChI is InChI=1S/C9H12N2O5S2/c10-7(12)4-3-6(9(13)14)11-18(15,16)8-2-1-5-17-8/h1-2,5-6,11H,3-4H2,(H2,10,12)(H,13,14)/t6-/m0/s1. The Hall–Kier alpha value is -1.45. The van der Waals surface area contributed by atoms with Crippen LogP contribution < -0.4 is 10.5 Å². The Morgan fingerprint density at radius 3 is 2.61 bits per heavy atom. The van der Waals surface area contributed by atoms with Gasteiger partial charge in [-0.3, -0.25) is 9.59 Å². The van der Waals surface area contributed by atoms with Gasteiger partial charge in [0.05, 0.1) is 0 Å². The first kappa shape index (κ1) is 14.6. The van der Waals surface area contributed by atoms with Gasteiger partial charge >= 0.3 is 5.97 Å². The highest BCUT2D eigenvalue weighted by molar-refractivity contribution is 7.91. The lowest BCUT2D eigenvalue weighted by Crippen LogP contribution is -2.41. The van der Waals surface area contributed by atoms with Gasteiger partial charge in [0.2, 0.25) is 5.91 Å². The first-order chi connectivity index (χ1) is 8.33. The number of nitrogens with two attached hydrogens (primary N) is 1. The van der Waals surface area contributed by atoms with E-state index in [2.05, 4.69) is 0 Å². The van der Waals surface area contributed by atoms with Crippen molar-refractivity contribution in [3.05, 3.63) is 17.5 Å². The van der Waals surface area contributed by atoms with Crippen LogP contribution in [0.15, 0.2) is 21.7 Å². The van der Waals surface area contributed by atoms with Crippen molar-refractivity contribution in [2.45, 2.75) is 23.1 Å². The molecule has 0 aromatic carbocycles. The molecule has 0 aliphatic rings. The van der Waals surface area contributed by atoms with Gasteiger partial charge in [-0.25, -0.2) is 8.42 Å². The molecule has 7 nitrogen and oxygen atoms in total. The Morgan fingerprint density at radius 1 is 1.50 bits per heavy atom. The third kappa shape index (κ3) is 4.09. The molecule has 0 radical (unpaired) electrons.